The summed E-state index contributed by atoms with van der Waals surface area (Å²) in [5.41, 5.74) is 2.85. The smallest absolute Gasteiger partial charge is 0.335 e. The van der Waals surface area contributed by atoms with Crippen LogP contribution in [0, 0.1) is 5.21 Å². The van der Waals surface area contributed by atoms with Crippen LogP contribution in [0.15, 0.2) is 60.8 Å². The normalized spacial score (nSPS) is 10.4. The van der Waals surface area contributed by atoms with E-state index in [4.69, 9.17) is 5.11 Å². The van der Waals surface area contributed by atoms with Gasteiger partial charge in [0, 0.05) is 23.9 Å². The molecule has 1 N–H and O–H groups in total. The molecule has 3 aromatic rings. The first kappa shape index (κ1) is 14.5. The van der Waals surface area contributed by atoms with E-state index in [9.17, 15) is 10.0 Å². The van der Waals surface area contributed by atoms with E-state index in [2.05, 4.69) is 11.8 Å². The summed E-state index contributed by atoms with van der Waals surface area (Å²) in [6, 6.07) is 15.2. The molecular weight excluding hydrogens is 294 g/mol. The van der Waals surface area contributed by atoms with E-state index in [0.717, 1.165) is 11.3 Å². The van der Waals surface area contributed by atoms with Gasteiger partial charge in [-0.25, -0.2) is 9.48 Å². The molecule has 0 spiro atoms. The monoisotopic (exact) mass is 307 g/mol. The molecule has 6 nitrogen and oxygen atoms in total. The fourth-order valence-corrected chi connectivity index (χ4v) is 2.20. The molecule has 0 saturated carbocycles. The van der Waals surface area contributed by atoms with Gasteiger partial charge in [-0.1, -0.05) is 12.1 Å². The summed E-state index contributed by atoms with van der Waals surface area (Å²) in [6.07, 6.45) is 1.77. The fraction of sp³-hybridized carbons (Fsp3) is 0. The third-order valence-electron chi connectivity index (χ3n) is 3.40. The molecule has 0 aliphatic heterocycles. The standard InChI is InChI=1S/C17H13N3O3/c1-19(23)14-5-7-15(8-6-14)20-10-9-16(18-20)12-3-2-4-13(11-12)17(21)22/h2-11H,1H2,(H,21,22). The molecule has 0 fully saturated rings. The van der Waals surface area contributed by atoms with Crippen molar-refractivity contribution in [3.05, 3.63) is 71.6 Å². The van der Waals surface area contributed by atoms with Gasteiger partial charge in [-0.2, -0.15) is 9.84 Å². The molecular formula is C17H13N3O3. The van der Waals surface area contributed by atoms with Crippen molar-refractivity contribution in [2.24, 2.45) is 0 Å². The molecule has 2 aromatic carbocycles. The van der Waals surface area contributed by atoms with Gasteiger partial charge in [0.05, 0.1) is 16.9 Å². The minimum absolute atomic E-state index is 0.215. The lowest BCUT2D eigenvalue weighted by Crippen LogP contribution is -1.97. The van der Waals surface area contributed by atoms with Crippen LogP contribution in [0.2, 0.25) is 0 Å². The van der Waals surface area contributed by atoms with Crippen LogP contribution in [-0.4, -0.2) is 32.3 Å². The van der Waals surface area contributed by atoms with Crippen molar-refractivity contribution in [2.75, 3.05) is 0 Å². The molecule has 6 heteroatoms. The van der Waals surface area contributed by atoms with Crippen LogP contribution in [-0.2, 0) is 0 Å². The number of carbonyl (C=O) groups is 1. The highest BCUT2D eigenvalue weighted by molar-refractivity contribution is 5.89. The molecule has 3 rings (SSSR count). The van der Waals surface area contributed by atoms with Crippen LogP contribution in [0.1, 0.15) is 10.4 Å². The molecule has 114 valence electrons. The Bertz CT molecular complexity index is 882. The van der Waals surface area contributed by atoms with Crippen molar-refractivity contribution < 1.29 is 14.6 Å². The first-order valence-electron chi connectivity index (χ1n) is 6.82. The number of hydrogen-bond donors (Lipinski definition) is 1. The number of carboxylic acids is 1. The van der Waals surface area contributed by atoms with Crippen molar-refractivity contribution in [2.45, 2.75) is 0 Å². The molecule has 0 radical (unpaired) electrons. The number of hydrogen-bond acceptors (Lipinski definition) is 3. The second kappa shape index (κ2) is 5.76. The predicted molar refractivity (Wildman–Crippen MR) is 86.4 cm³/mol. The van der Waals surface area contributed by atoms with Crippen LogP contribution in [0.5, 0.6) is 0 Å². The SMILES string of the molecule is C=[N+]([O-])c1ccc(-n2ccc(-c3cccc(C(=O)O)c3)n2)cc1. The Morgan fingerprint density at radius 1 is 1.17 bits per heavy atom. The lowest BCUT2D eigenvalue weighted by Gasteiger charge is -2.03. The number of carboxylic acid groups (broad SMARTS) is 1. The first-order chi connectivity index (χ1) is 11.0. The van der Waals surface area contributed by atoms with Crippen molar-refractivity contribution in [3.8, 4) is 16.9 Å². The maximum atomic E-state index is 11.1. The summed E-state index contributed by atoms with van der Waals surface area (Å²) in [4.78, 5) is 11.0. The summed E-state index contributed by atoms with van der Waals surface area (Å²) in [7, 11) is 0. The van der Waals surface area contributed by atoms with Gasteiger partial charge in [-0.3, -0.25) is 0 Å². The number of nitrogens with zero attached hydrogens (tertiary/aromatic N) is 3. The van der Waals surface area contributed by atoms with Gasteiger partial charge in [0.25, 0.3) is 0 Å². The predicted octanol–water partition coefficient (Wildman–Crippen LogP) is 3.08. The highest BCUT2D eigenvalue weighted by Gasteiger charge is 2.08. The molecule has 1 aromatic heterocycles. The van der Waals surface area contributed by atoms with Gasteiger partial charge in [-0.05, 0) is 30.3 Å². The maximum absolute atomic E-state index is 11.1. The fourth-order valence-electron chi connectivity index (χ4n) is 2.20. The largest absolute Gasteiger partial charge is 0.619 e. The van der Waals surface area contributed by atoms with E-state index in [-0.39, 0.29) is 5.56 Å². The van der Waals surface area contributed by atoms with Crippen LogP contribution in [0.3, 0.4) is 0 Å². The van der Waals surface area contributed by atoms with E-state index in [0.29, 0.717) is 16.1 Å². The summed E-state index contributed by atoms with van der Waals surface area (Å²) >= 11 is 0. The summed E-state index contributed by atoms with van der Waals surface area (Å²) in [5, 5.41) is 24.6. The Balaban J connectivity index is 1.92. The van der Waals surface area contributed by atoms with Gasteiger partial charge in [0.15, 0.2) is 0 Å². The number of rotatable bonds is 4. The molecule has 0 saturated heterocycles. The molecule has 0 unspecified atom stereocenters. The zero-order chi connectivity index (χ0) is 16.4. The van der Waals surface area contributed by atoms with Crippen molar-refractivity contribution in [1.82, 2.24) is 9.78 Å². The Hall–Kier alpha value is -3.41. The van der Waals surface area contributed by atoms with E-state index in [1.54, 1.807) is 59.4 Å². The van der Waals surface area contributed by atoms with Gasteiger partial charge in [0.1, 0.15) is 6.72 Å². The molecule has 0 aliphatic carbocycles. The Kier molecular flexibility index (Phi) is 3.64. The number of benzene rings is 2. The van der Waals surface area contributed by atoms with Crippen LogP contribution < -0.4 is 0 Å². The van der Waals surface area contributed by atoms with Crippen LogP contribution >= 0.6 is 0 Å². The summed E-state index contributed by atoms with van der Waals surface area (Å²) in [6.45, 7) is 3.28. The second-order valence-corrected chi connectivity index (χ2v) is 4.93. The molecule has 1 heterocycles. The molecule has 0 bridgehead atoms. The first-order valence-corrected chi connectivity index (χ1v) is 6.82. The maximum Gasteiger partial charge on any atom is 0.335 e. The lowest BCUT2D eigenvalue weighted by atomic mass is 10.1. The second-order valence-electron chi connectivity index (χ2n) is 4.93. The Morgan fingerprint density at radius 3 is 2.57 bits per heavy atom. The average molecular weight is 307 g/mol. The van der Waals surface area contributed by atoms with Crippen LogP contribution in [0.4, 0.5) is 5.69 Å². The van der Waals surface area contributed by atoms with E-state index >= 15 is 0 Å². The lowest BCUT2D eigenvalue weighted by molar-refractivity contribution is -0.349. The third-order valence-corrected chi connectivity index (χ3v) is 3.40. The van der Waals surface area contributed by atoms with Gasteiger partial charge >= 0.3 is 5.97 Å². The summed E-state index contributed by atoms with van der Waals surface area (Å²) < 4.78 is 2.19. The average Bonchev–Trinajstić information content (AvgIpc) is 3.05. The highest BCUT2D eigenvalue weighted by Crippen LogP contribution is 2.21. The minimum Gasteiger partial charge on any atom is -0.619 e. The molecule has 23 heavy (non-hydrogen) atoms. The summed E-state index contributed by atoms with van der Waals surface area (Å²) in [5.74, 6) is -0.975. The van der Waals surface area contributed by atoms with Gasteiger partial charge < -0.3 is 10.3 Å². The topological polar surface area (TPSA) is 81.2 Å². The number of aromatic carboxylic acids is 1. The number of aromatic nitrogens is 2. The van der Waals surface area contributed by atoms with Gasteiger partial charge in [0.2, 0.25) is 5.69 Å². The van der Waals surface area contributed by atoms with E-state index < -0.39 is 5.97 Å². The third kappa shape index (κ3) is 2.96. The van der Waals surface area contributed by atoms with E-state index in [1.807, 2.05) is 0 Å². The van der Waals surface area contributed by atoms with Crippen molar-refractivity contribution in [1.29, 1.82) is 0 Å². The highest BCUT2D eigenvalue weighted by atomic mass is 16.5. The van der Waals surface area contributed by atoms with Crippen molar-refractivity contribution in [3.63, 3.8) is 0 Å². The minimum atomic E-state index is -0.975. The molecule has 0 amide bonds. The van der Waals surface area contributed by atoms with Crippen molar-refractivity contribution >= 4 is 18.4 Å². The van der Waals surface area contributed by atoms with Gasteiger partial charge in [-0.15, -0.1) is 0 Å². The van der Waals surface area contributed by atoms with Crippen LogP contribution in [0.25, 0.3) is 16.9 Å². The quantitative estimate of drug-likeness (QED) is 0.347. The zero-order valence-corrected chi connectivity index (χ0v) is 12.1. The van der Waals surface area contributed by atoms with E-state index in [1.165, 1.54) is 6.07 Å². The molecule has 0 atom stereocenters. The zero-order valence-electron chi connectivity index (χ0n) is 12.1. The Morgan fingerprint density at radius 2 is 1.91 bits per heavy atom. The molecule has 0 aliphatic rings. The Labute approximate surface area is 132 Å².